The van der Waals surface area contributed by atoms with Crippen LogP contribution in [0.5, 0.6) is 17.2 Å². The molecule has 232 valence electrons. The SMILES string of the molecule is CNC(=O)n1ccc2cc(Oc3ccnc(NC(=O)c4ccc([C@H]5CC[N@@+]([O-])(CCO)CC5)cc4)c3)c(OCCOC)cc21. The zero-order chi connectivity index (χ0) is 31.1. The molecule has 2 aromatic heterocycles. The number of pyridine rings is 1. The maximum absolute atomic E-state index is 13.0. The van der Waals surface area contributed by atoms with Gasteiger partial charge in [-0.05, 0) is 41.8 Å². The number of anilines is 1. The number of quaternary nitrogens is 1. The minimum Gasteiger partial charge on any atom is -0.633 e. The van der Waals surface area contributed by atoms with E-state index >= 15 is 0 Å². The smallest absolute Gasteiger partial charge is 0.325 e. The molecular formula is C32H37N5O7. The maximum atomic E-state index is 13.0. The number of aromatic nitrogens is 2. The molecule has 5 rings (SSSR count). The Kier molecular flexibility index (Phi) is 9.75. The summed E-state index contributed by atoms with van der Waals surface area (Å²) in [6, 6.07) is 15.8. The highest BCUT2D eigenvalue weighted by Gasteiger charge is 2.27. The van der Waals surface area contributed by atoms with Crippen LogP contribution in [-0.2, 0) is 4.74 Å². The van der Waals surface area contributed by atoms with E-state index in [1.54, 1.807) is 56.8 Å². The van der Waals surface area contributed by atoms with E-state index in [1.165, 1.54) is 10.8 Å². The van der Waals surface area contributed by atoms with Crippen molar-refractivity contribution in [1.29, 1.82) is 0 Å². The van der Waals surface area contributed by atoms with E-state index in [1.807, 2.05) is 18.2 Å². The first kappa shape index (κ1) is 31.0. The highest BCUT2D eigenvalue weighted by atomic mass is 16.5. The molecule has 2 amide bonds. The van der Waals surface area contributed by atoms with E-state index in [4.69, 9.17) is 19.3 Å². The zero-order valence-electron chi connectivity index (χ0n) is 24.8. The van der Waals surface area contributed by atoms with Crippen molar-refractivity contribution in [2.75, 3.05) is 58.9 Å². The Balaban J connectivity index is 1.27. The highest BCUT2D eigenvalue weighted by Crippen LogP contribution is 2.37. The van der Waals surface area contributed by atoms with Crippen LogP contribution in [0.1, 0.15) is 34.7 Å². The van der Waals surface area contributed by atoms with Crippen LogP contribution in [0.2, 0.25) is 0 Å². The number of aliphatic hydroxyl groups is 1. The van der Waals surface area contributed by atoms with Crippen LogP contribution in [-0.4, -0.2) is 84.9 Å². The zero-order valence-corrected chi connectivity index (χ0v) is 24.8. The molecule has 12 heteroatoms. The molecule has 0 spiro atoms. The van der Waals surface area contributed by atoms with Crippen LogP contribution in [0.15, 0.2) is 67.0 Å². The summed E-state index contributed by atoms with van der Waals surface area (Å²) in [7, 11) is 3.14. The molecule has 0 saturated carbocycles. The molecule has 0 aliphatic carbocycles. The summed E-state index contributed by atoms with van der Waals surface area (Å²) < 4.78 is 18.4. The molecule has 12 nitrogen and oxygen atoms in total. The number of hydrogen-bond donors (Lipinski definition) is 3. The van der Waals surface area contributed by atoms with E-state index in [-0.39, 0.29) is 42.3 Å². The van der Waals surface area contributed by atoms with Gasteiger partial charge < -0.3 is 39.8 Å². The molecule has 0 atom stereocenters. The van der Waals surface area contributed by atoms with Gasteiger partial charge in [0.05, 0.1) is 31.8 Å². The van der Waals surface area contributed by atoms with Crippen molar-refractivity contribution >= 4 is 28.7 Å². The summed E-state index contributed by atoms with van der Waals surface area (Å²) in [5, 5.41) is 28.0. The molecule has 0 bridgehead atoms. The Morgan fingerprint density at radius 1 is 1.07 bits per heavy atom. The first-order valence-electron chi connectivity index (χ1n) is 14.5. The number of hydrogen-bond acceptors (Lipinski definition) is 8. The lowest BCUT2D eigenvalue weighted by atomic mass is 9.88. The van der Waals surface area contributed by atoms with Gasteiger partial charge in [0.25, 0.3) is 5.91 Å². The first-order valence-corrected chi connectivity index (χ1v) is 14.5. The largest absolute Gasteiger partial charge is 0.633 e. The van der Waals surface area contributed by atoms with Crippen LogP contribution in [0, 0.1) is 5.21 Å². The number of methoxy groups -OCH3 is 1. The van der Waals surface area contributed by atoms with Crippen molar-refractivity contribution in [3.8, 4) is 17.2 Å². The van der Waals surface area contributed by atoms with Crippen molar-refractivity contribution in [2.45, 2.75) is 18.8 Å². The van der Waals surface area contributed by atoms with Crippen LogP contribution in [0.25, 0.3) is 10.9 Å². The third-order valence-electron chi connectivity index (χ3n) is 7.86. The number of amides is 2. The number of piperidine rings is 1. The summed E-state index contributed by atoms with van der Waals surface area (Å²) in [6.45, 7) is 1.74. The summed E-state index contributed by atoms with van der Waals surface area (Å²) in [6.07, 6.45) is 4.70. The molecule has 44 heavy (non-hydrogen) atoms. The van der Waals surface area contributed by atoms with Gasteiger partial charge in [-0.2, -0.15) is 0 Å². The molecule has 1 aliphatic heterocycles. The average molecular weight is 604 g/mol. The lowest BCUT2D eigenvalue weighted by Crippen LogP contribution is -2.49. The molecule has 4 aromatic rings. The second-order valence-corrected chi connectivity index (χ2v) is 10.7. The lowest BCUT2D eigenvalue weighted by Gasteiger charge is -2.47. The Morgan fingerprint density at radius 3 is 2.55 bits per heavy atom. The molecule has 3 heterocycles. The molecule has 0 unspecified atom stereocenters. The van der Waals surface area contributed by atoms with Gasteiger partial charge in [-0.3, -0.25) is 9.36 Å². The number of benzene rings is 2. The monoisotopic (exact) mass is 603 g/mol. The Morgan fingerprint density at radius 2 is 1.84 bits per heavy atom. The van der Waals surface area contributed by atoms with E-state index in [9.17, 15) is 14.8 Å². The van der Waals surface area contributed by atoms with Crippen molar-refractivity contribution in [3.05, 3.63) is 83.3 Å². The van der Waals surface area contributed by atoms with E-state index in [2.05, 4.69) is 15.6 Å². The quantitative estimate of drug-likeness (QED) is 0.129. The summed E-state index contributed by atoms with van der Waals surface area (Å²) in [4.78, 5) is 29.6. The normalized spacial score (nSPS) is 18.1. The van der Waals surface area contributed by atoms with Gasteiger partial charge in [0.2, 0.25) is 0 Å². The first-order chi connectivity index (χ1) is 21.3. The second-order valence-electron chi connectivity index (χ2n) is 10.7. The number of hydroxylamine groups is 3. The number of carbonyl (C=O) groups is 2. The lowest BCUT2D eigenvalue weighted by molar-refractivity contribution is -0.886. The third kappa shape index (κ3) is 7.17. The topological polar surface area (TPSA) is 147 Å². The number of nitrogens with one attached hydrogen (secondary N) is 2. The minimum absolute atomic E-state index is 0.100. The van der Waals surface area contributed by atoms with E-state index in [0.717, 1.165) is 23.8 Å². The number of nitrogens with zero attached hydrogens (tertiary/aromatic N) is 3. The summed E-state index contributed by atoms with van der Waals surface area (Å²) in [5.41, 5.74) is 2.23. The molecular weight excluding hydrogens is 566 g/mol. The highest BCUT2D eigenvalue weighted by molar-refractivity contribution is 6.03. The van der Waals surface area contributed by atoms with Gasteiger partial charge in [-0.25, -0.2) is 9.78 Å². The van der Waals surface area contributed by atoms with Crippen LogP contribution >= 0.6 is 0 Å². The predicted octanol–water partition coefficient (Wildman–Crippen LogP) is 4.48. The van der Waals surface area contributed by atoms with Gasteiger partial charge in [-0.15, -0.1) is 0 Å². The fraction of sp³-hybridized carbons (Fsp3) is 0.344. The van der Waals surface area contributed by atoms with Gasteiger partial charge in [0, 0.05) is 62.5 Å². The summed E-state index contributed by atoms with van der Waals surface area (Å²) >= 11 is 0. The fourth-order valence-electron chi connectivity index (χ4n) is 5.41. The number of rotatable bonds is 11. The molecule has 2 aromatic carbocycles. The molecule has 1 fully saturated rings. The number of likely N-dealkylation sites (tertiary alicyclic amines) is 1. The number of carbonyl (C=O) groups excluding carboxylic acids is 2. The third-order valence-corrected chi connectivity index (χ3v) is 7.86. The standard InChI is InChI=1S/C32H37N5O7/c1-33-32(40)36-12-8-25-19-29(28(21-27(25)36)43-18-17-42-2)44-26-7-11-34-30(20-26)35-31(39)24-5-3-22(4-6-24)23-9-13-37(41,14-10-23)15-16-38/h3-8,11-12,19-21,23,38H,9-10,13-18H2,1-2H3,(H,33,40)(H,34,35,39)/t23-,37-. The average Bonchev–Trinajstić information content (AvgIpc) is 3.44. The van der Waals surface area contributed by atoms with Gasteiger partial charge in [0.15, 0.2) is 11.5 Å². The molecule has 0 radical (unpaired) electrons. The van der Waals surface area contributed by atoms with Crippen LogP contribution < -0.4 is 20.1 Å². The van der Waals surface area contributed by atoms with Crippen molar-refractivity contribution in [2.24, 2.45) is 0 Å². The number of ether oxygens (including phenoxy) is 3. The molecule has 1 aliphatic rings. The molecule has 3 N–H and O–H groups in total. The van der Waals surface area contributed by atoms with Crippen LogP contribution in [0.3, 0.4) is 0 Å². The Hall–Kier alpha value is -4.49. The van der Waals surface area contributed by atoms with Crippen molar-refractivity contribution in [1.82, 2.24) is 14.9 Å². The maximum Gasteiger partial charge on any atom is 0.325 e. The predicted molar refractivity (Wildman–Crippen MR) is 165 cm³/mol. The minimum atomic E-state index is -0.342. The molecule has 1 saturated heterocycles. The Bertz CT molecular complexity index is 1600. The van der Waals surface area contributed by atoms with Crippen molar-refractivity contribution in [3.63, 3.8) is 0 Å². The summed E-state index contributed by atoms with van der Waals surface area (Å²) in [5.74, 6) is 1.53. The fourth-order valence-corrected chi connectivity index (χ4v) is 5.41. The van der Waals surface area contributed by atoms with Crippen LogP contribution in [0.4, 0.5) is 10.6 Å². The van der Waals surface area contributed by atoms with Gasteiger partial charge >= 0.3 is 6.03 Å². The van der Waals surface area contributed by atoms with Gasteiger partial charge in [-0.1, -0.05) is 12.1 Å². The Labute approximate surface area is 255 Å². The van der Waals surface area contributed by atoms with E-state index < -0.39 is 0 Å². The number of fused-ring (bicyclic) bond motifs is 1. The second kappa shape index (κ2) is 13.9. The van der Waals surface area contributed by atoms with E-state index in [0.29, 0.717) is 53.8 Å². The van der Waals surface area contributed by atoms with Gasteiger partial charge in [0.1, 0.15) is 24.7 Å². The van der Waals surface area contributed by atoms with Crippen molar-refractivity contribution < 1.29 is 33.6 Å². The number of aliphatic hydroxyl groups excluding tert-OH is 1.